The Labute approximate surface area is 211 Å². The van der Waals surface area contributed by atoms with Crippen LogP contribution in [0.15, 0.2) is 72.9 Å². The maximum atomic E-state index is 14.4. The van der Waals surface area contributed by atoms with Crippen molar-refractivity contribution in [3.8, 4) is 11.3 Å². The summed E-state index contributed by atoms with van der Waals surface area (Å²) in [7, 11) is 0. The van der Waals surface area contributed by atoms with Gasteiger partial charge in [0.05, 0.1) is 17.0 Å². The second-order valence-corrected chi connectivity index (χ2v) is 10.4. The van der Waals surface area contributed by atoms with Crippen molar-refractivity contribution in [3.63, 3.8) is 0 Å². The van der Waals surface area contributed by atoms with Gasteiger partial charge in [-0.2, -0.15) is 0 Å². The standard InChI is InChI=1S/C30H31FN4O/c1-20(2)21-10-12-22(13-11-21)29-27(34-16-6-5-9-28(34)32-29)19-33-17-23-14-15-24(18-33)35(23)30(36)25-7-3-4-8-26(25)31/h3-13,16,20,23-24H,14-15,17-19H2,1-2H3. The lowest BCUT2D eigenvalue weighted by atomic mass is 10.00. The van der Waals surface area contributed by atoms with E-state index < -0.39 is 5.82 Å². The minimum absolute atomic E-state index is 0.101. The number of carbonyl (C=O) groups excluding carboxylic acids is 1. The number of aromatic nitrogens is 2. The molecule has 36 heavy (non-hydrogen) atoms. The number of hydrogen-bond donors (Lipinski definition) is 0. The molecular formula is C30H31FN4O. The third kappa shape index (κ3) is 3.99. The fourth-order valence-electron chi connectivity index (χ4n) is 5.89. The number of piperazine rings is 1. The molecule has 0 radical (unpaired) electrons. The third-order valence-electron chi connectivity index (χ3n) is 7.75. The molecule has 4 aromatic rings. The molecule has 2 bridgehead atoms. The molecule has 184 valence electrons. The van der Waals surface area contributed by atoms with Crippen LogP contribution in [0.3, 0.4) is 0 Å². The van der Waals surface area contributed by atoms with Crippen molar-refractivity contribution in [2.24, 2.45) is 0 Å². The highest BCUT2D eigenvalue weighted by Crippen LogP contribution is 2.34. The molecule has 2 aromatic carbocycles. The Hall–Kier alpha value is -3.51. The van der Waals surface area contributed by atoms with Crippen LogP contribution < -0.4 is 0 Å². The van der Waals surface area contributed by atoms with Gasteiger partial charge in [-0.25, -0.2) is 9.37 Å². The van der Waals surface area contributed by atoms with Gasteiger partial charge >= 0.3 is 0 Å². The van der Waals surface area contributed by atoms with E-state index in [1.165, 1.54) is 11.6 Å². The fraction of sp³-hybridized carbons (Fsp3) is 0.333. The number of imidazole rings is 1. The number of hydrogen-bond acceptors (Lipinski definition) is 3. The smallest absolute Gasteiger partial charge is 0.257 e. The van der Waals surface area contributed by atoms with Crippen LogP contribution in [0.25, 0.3) is 16.9 Å². The highest BCUT2D eigenvalue weighted by molar-refractivity contribution is 5.95. The van der Waals surface area contributed by atoms with Crippen LogP contribution in [-0.4, -0.2) is 50.3 Å². The predicted octanol–water partition coefficient (Wildman–Crippen LogP) is 5.75. The van der Waals surface area contributed by atoms with Crippen molar-refractivity contribution in [1.29, 1.82) is 0 Å². The molecule has 5 nitrogen and oxygen atoms in total. The number of rotatable bonds is 5. The van der Waals surface area contributed by atoms with Crippen LogP contribution in [0.4, 0.5) is 4.39 Å². The zero-order valence-corrected chi connectivity index (χ0v) is 20.8. The van der Waals surface area contributed by atoms with Gasteiger partial charge in [-0.3, -0.25) is 9.69 Å². The van der Waals surface area contributed by atoms with E-state index in [0.717, 1.165) is 55.1 Å². The van der Waals surface area contributed by atoms with Gasteiger partial charge in [0.15, 0.2) is 0 Å². The molecule has 6 heteroatoms. The molecule has 0 spiro atoms. The van der Waals surface area contributed by atoms with Crippen LogP contribution in [0.2, 0.25) is 0 Å². The van der Waals surface area contributed by atoms with Crippen molar-refractivity contribution >= 4 is 11.6 Å². The third-order valence-corrected chi connectivity index (χ3v) is 7.75. The number of nitrogens with zero attached hydrogens (tertiary/aromatic N) is 4. The molecule has 2 fully saturated rings. The molecule has 1 amide bonds. The summed E-state index contributed by atoms with van der Waals surface area (Å²) in [5, 5.41) is 0. The van der Waals surface area contributed by atoms with Crippen molar-refractivity contribution in [3.05, 3.63) is 95.6 Å². The van der Waals surface area contributed by atoms with Crippen LogP contribution >= 0.6 is 0 Å². The number of benzene rings is 2. The largest absolute Gasteiger partial charge is 0.330 e. The summed E-state index contributed by atoms with van der Waals surface area (Å²) in [6.45, 7) is 6.72. The van der Waals surface area contributed by atoms with E-state index in [1.807, 2.05) is 23.1 Å². The molecule has 2 aliphatic rings. The Bertz CT molecular complexity index is 1400. The Morgan fingerprint density at radius 2 is 1.67 bits per heavy atom. The second kappa shape index (κ2) is 9.17. The van der Waals surface area contributed by atoms with E-state index in [1.54, 1.807) is 18.2 Å². The molecule has 2 aliphatic heterocycles. The number of fused-ring (bicyclic) bond motifs is 3. The van der Waals surface area contributed by atoms with Gasteiger partial charge in [0.25, 0.3) is 5.91 Å². The Kier molecular flexibility index (Phi) is 5.84. The Morgan fingerprint density at radius 3 is 2.36 bits per heavy atom. The van der Waals surface area contributed by atoms with Crippen molar-refractivity contribution in [2.75, 3.05) is 13.1 Å². The normalized spacial score (nSPS) is 19.9. The first kappa shape index (κ1) is 22.9. The summed E-state index contributed by atoms with van der Waals surface area (Å²) in [5.74, 6) is -0.136. The van der Waals surface area contributed by atoms with E-state index in [2.05, 4.69) is 53.6 Å². The topological polar surface area (TPSA) is 40.9 Å². The summed E-state index contributed by atoms with van der Waals surface area (Å²) in [6.07, 6.45) is 3.99. The van der Waals surface area contributed by atoms with Crippen LogP contribution in [0.5, 0.6) is 0 Å². The minimum Gasteiger partial charge on any atom is -0.330 e. The number of carbonyl (C=O) groups is 1. The molecule has 2 unspecified atom stereocenters. The van der Waals surface area contributed by atoms with Gasteiger partial charge in [-0.15, -0.1) is 0 Å². The maximum absolute atomic E-state index is 14.4. The minimum atomic E-state index is -0.441. The highest BCUT2D eigenvalue weighted by atomic mass is 19.1. The molecular weight excluding hydrogens is 451 g/mol. The van der Waals surface area contributed by atoms with Crippen LogP contribution in [0.1, 0.15) is 54.2 Å². The van der Waals surface area contributed by atoms with Gasteiger partial charge < -0.3 is 9.30 Å². The SMILES string of the molecule is CC(C)c1ccc(-c2nc3ccccn3c2CN2CC3CCC(C2)N3C(=O)c2ccccc2F)cc1. The number of likely N-dealkylation sites (tertiary alicyclic amines) is 1. The molecule has 6 rings (SSSR count). The first-order chi connectivity index (χ1) is 17.5. The van der Waals surface area contributed by atoms with Gasteiger partial charge in [0.1, 0.15) is 11.5 Å². The average Bonchev–Trinajstić information content (AvgIpc) is 3.38. The summed E-state index contributed by atoms with van der Waals surface area (Å²) in [4.78, 5) is 22.6. The first-order valence-corrected chi connectivity index (χ1v) is 12.9. The Morgan fingerprint density at radius 1 is 0.972 bits per heavy atom. The van der Waals surface area contributed by atoms with Crippen molar-refractivity contribution < 1.29 is 9.18 Å². The maximum Gasteiger partial charge on any atom is 0.257 e. The summed E-state index contributed by atoms with van der Waals surface area (Å²) in [5.41, 5.74) is 5.72. The molecule has 4 heterocycles. The lowest BCUT2D eigenvalue weighted by molar-refractivity contribution is 0.0398. The molecule has 2 atom stereocenters. The second-order valence-electron chi connectivity index (χ2n) is 10.4. The van der Waals surface area contributed by atoms with Gasteiger partial charge in [0, 0.05) is 43.5 Å². The van der Waals surface area contributed by atoms with Crippen LogP contribution in [-0.2, 0) is 6.54 Å². The van der Waals surface area contributed by atoms with E-state index >= 15 is 0 Å². The molecule has 2 aromatic heterocycles. The number of amides is 1. The summed E-state index contributed by atoms with van der Waals surface area (Å²) >= 11 is 0. The zero-order valence-electron chi connectivity index (χ0n) is 20.8. The van der Waals surface area contributed by atoms with E-state index in [4.69, 9.17) is 4.98 Å². The molecule has 2 saturated heterocycles. The summed E-state index contributed by atoms with van der Waals surface area (Å²) in [6, 6.07) is 21.4. The predicted molar refractivity (Wildman–Crippen MR) is 139 cm³/mol. The summed E-state index contributed by atoms with van der Waals surface area (Å²) < 4.78 is 16.5. The zero-order chi connectivity index (χ0) is 24.8. The van der Waals surface area contributed by atoms with E-state index in [0.29, 0.717) is 5.92 Å². The molecule has 0 aliphatic carbocycles. The molecule has 0 N–H and O–H groups in total. The van der Waals surface area contributed by atoms with Gasteiger partial charge in [-0.05, 0) is 48.6 Å². The lowest BCUT2D eigenvalue weighted by Gasteiger charge is -2.41. The molecule has 0 saturated carbocycles. The number of pyridine rings is 1. The quantitative estimate of drug-likeness (QED) is 0.364. The lowest BCUT2D eigenvalue weighted by Crippen LogP contribution is -2.55. The van der Waals surface area contributed by atoms with Crippen LogP contribution in [0, 0.1) is 5.82 Å². The Balaban J connectivity index is 1.28. The number of halogens is 1. The first-order valence-electron chi connectivity index (χ1n) is 12.9. The van der Waals surface area contributed by atoms with E-state index in [-0.39, 0.29) is 23.6 Å². The van der Waals surface area contributed by atoms with E-state index in [9.17, 15) is 9.18 Å². The van der Waals surface area contributed by atoms with Gasteiger partial charge in [0.2, 0.25) is 0 Å². The fourth-order valence-corrected chi connectivity index (χ4v) is 5.89. The van der Waals surface area contributed by atoms with Crippen molar-refractivity contribution in [1.82, 2.24) is 19.2 Å². The van der Waals surface area contributed by atoms with Gasteiger partial charge in [-0.1, -0.05) is 56.3 Å². The average molecular weight is 483 g/mol. The highest BCUT2D eigenvalue weighted by Gasteiger charge is 2.43. The monoisotopic (exact) mass is 482 g/mol. The van der Waals surface area contributed by atoms with Crippen molar-refractivity contribution in [2.45, 2.75) is 51.2 Å².